The molecule has 0 radical (unpaired) electrons. The fraction of sp³-hybridized carbons (Fsp3) is 0.917. The second-order valence-electron chi connectivity index (χ2n) is 5.79. The Morgan fingerprint density at radius 3 is 2.08 bits per heavy atom. The standard InChI is InChI=1S/C12H14F6O5S3/c13-10(26(20,21)22,11(14,15)12(16,17)18)8(19)23-7-3-1-2-4-9(7)24-5-6-25-9/h7H,1-6H2,(H,20,21,22). The number of alkyl halides is 6. The van der Waals surface area contributed by atoms with E-state index in [1.807, 2.05) is 0 Å². The average molecular weight is 448 g/mol. The zero-order valence-electron chi connectivity index (χ0n) is 12.9. The van der Waals surface area contributed by atoms with Crippen molar-refractivity contribution in [1.82, 2.24) is 0 Å². The maximum atomic E-state index is 14.4. The monoisotopic (exact) mass is 448 g/mol. The van der Waals surface area contributed by atoms with Crippen molar-refractivity contribution >= 4 is 39.6 Å². The Labute approximate surface area is 153 Å². The molecule has 5 nitrogen and oxygen atoms in total. The first-order valence-corrected chi connectivity index (χ1v) is 10.7. The lowest BCUT2D eigenvalue weighted by molar-refractivity contribution is -0.311. The van der Waals surface area contributed by atoms with E-state index in [9.17, 15) is 39.6 Å². The molecule has 2 aliphatic rings. The molecule has 0 aromatic rings. The van der Waals surface area contributed by atoms with Gasteiger partial charge in [-0.2, -0.15) is 30.4 Å². The van der Waals surface area contributed by atoms with Crippen LogP contribution >= 0.6 is 23.5 Å². The van der Waals surface area contributed by atoms with Gasteiger partial charge in [-0.1, -0.05) is 6.42 Å². The van der Waals surface area contributed by atoms with Gasteiger partial charge in [0.25, 0.3) is 0 Å². The van der Waals surface area contributed by atoms with E-state index in [4.69, 9.17) is 4.55 Å². The first-order valence-electron chi connectivity index (χ1n) is 7.28. The Morgan fingerprint density at radius 1 is 1.08 bits per heavy atom. The van der Waals surface area contributed by atoms with Crippen LogP contribution in [0, 0.1) is 0 Å². The molecule has 1 spiro atoms. The Bertz CT molecular complexity index is 661. The summed E-state index contributed by atoms with van der Waals surface area (Å²) in [6, 6.07) is 0. The molecule has 2 fully saturated rings. The van der Waals surface area contributed by atoms with Gasteiger partial charge in [-0.05, 0) is 19.3 Å². The lowest BCUT2D eigenvalue weighted by atomic mass is 9.96. The summed E-state index contributed by atoms with van der Waals surface area (Å²) in [7, 11) is -6.82. The summed E-state index contributed by atoms with van der Waals surface area (Å²) in [5, 5.41) is -6.00. The molecule has 1 aliphatic heterocycles. The van der Waals surface area contributed by atoms with Gasteiger partial charge >= 0.3 is 33.2 Å². The van der Waals surface area contributed by atoms with Crippen LogP contribution in [-0.2, 0) is 19.6 Å². The number of ether oxygens (including phenoxy) is 1. The molecule has 1 saturated carbocycles. The SMILES string of the molecule is O=C(OC1CCCCC12SCCS2)C(F)(C(F)(F)C(F)(F)F)S(=O)(=O)O. The van der Waals surface area contributed by atoms with E-state index in [1.54, 1.807) is 0 Å². The second-order valence-corrected chi connectivity index (χ2v) is 10.4. The summed E-state index contributed by atoms with van der Waals surface area (Å²) in [5.41, 5.74) is 0. The highest BCUT2D eigenvalue weighted by molar-refractivity contribution is 8.21. The van der Waals surface area contributed by atoms with Crippen LogP contribution in [0.3, 0.4) is 0 Å². The molecule has 14 heteroatoms. The molecule has 0 bridgehead atoms. The molecule has 1 saturated heterocycles. The van der Waals surface area contributed by atoms with Crippen molar-refractivity contribution in [2.75, 3.05) is 11.5 Å². The zero-order valence-corrected chi connectivity index (χ0v) is 15.3. The van der Waals surface area contributed by atoms with Crippen molar-refractivity contribution in [3.63, 3.8) is 0 Å². The van der Waals surface area contributed by atoms with Gasteiger partial charge in [0.05, 0.1) is 4.08 Å². The van der Waals surface area contributed by atoms with Crippen LogP contribution in [0.1, 0.15) is 25.7 Å². The van der Waals surface area contributed by atoms with Crippen LogP contribution in [0.15, 0.2) is 0 Å². The third-order valence-electron chi connectivity index (χ3n) is 4.14. The summed E-state index contributed by atoms with van der Waals surface area (Å²) < 4.78 is 113. The third kappa shape index (κ3) is 3.41. The average Bonchev–Trinajstić information content (AvgIpc) is 2.95. The number of thioether (sulfide) groups is 2. The Morgan fingerprint density at radius 2 is 1.62 bits per heavy atom. The third-order valence-corrected chi connectivity index (χ3v) is 8.96. The van der Waals surface area contributed by atoms with Crippen molar-refractivity contribution in [2.24, 2.45) is 0 Å². The summed E-state index contributed by atoms with van der Waals surface area (Å²) in [6.07, 6.45) is -6.43. The van der Waals surface area contributed by atoms with E-state index in [0.717, 1.165) is 0 Å². The number of rotatable bonds is 4. The lowest BCUT2D eigenvalue weighted by Gasteiger charge is -2.40. The molecular weight excluding hydrogens is 434 g/mol. The van der Waals surface area contributed by atoms with E-state index in [0.29, 0.717) is 30.8 Å². The minimum absolute atomic E-state index is 0.0465. The predicted molar refractivity (Wildman–Crippen MR) is 82.4 cm³/mol. The van der Waals surface area contributed by atoms with Gasteiger partial charge in [0.1, 0.15) is 6.10 Å². The molecule has 0 amide bonds. The molecule has 0 aromatic heterocycles. The van der Waals surface area contributed by atoms with Gasteiger partial charge in [-0.3, -0.25) is 4.55 Å². The highest BCUT2D eigenvalue weighted by atomic mass is 32.2. The Balaban J connectivity index is 2.39. The number of halogens is 6. The summed E-state index contributed by atoms with van der Waals surface area (Å²) in [4.78, 5) is 11.9. The molecule has 26 heavy (non-hydrogen) atoms. The van der Waals surface area contributed by atoms with E-state index < -0.39 is 43.4 Å². The Kier molecular flexibility index (Phi) is 5.84. The van der Waals surface area contributed by atoms with Gasteiger partial charge in [-0.25, -0.2) is 9.18 Å². The molecular formula is C12H14F6O5S3. The van der Waals surface area contributed by atoms with E-state index in [1.165, 1.54) is 23.5 Å². The van der Waals surface area contributed by atoms with Crippen LogP contribution in [0.5, 0.6) is 0 Å². The molecule has 1 heterocycles. The molecule has 2 atom stereocenters. The minimum atomic E-state index is -6.82. The van der Waals surface area contributed by atoms with E-state index in [-0.39, 0.29) is 6.42 Å². The topological polar surface area (TPSA) is 80.7 Å². The van der Waals surface area contributed by atoms with E-state index >= 15 is 0 Å². The normalized spacial score (nSPS) is 26.5. The van der Waals surface area contributed by atoms with Crippen molar-refractivity contribution in [1.29, 1.82) is 0 Å². The van der Waals surface area contributed by atoms with Crippen molar-refractivity contribution in [3.8, 4) is 0 Å². The smallest absolute Gasteiger partial charge is 0.457 e. The van der Waals surface area contributed by atoms with Gasteiger partial charge in [0.15, 0.2) is 0 Å². The molecule has 1 N–H and O–H groups in total. The van der Waals surface area contributed by atoms with Gasteiger partial charge < -0.3 is 4.74 Å². The fourth-order valence-electron chi connectivity index (χ4n) is 2.81. The van der Waals surface area contributed by atoms with Crippen LogP contribution in [-0.4, -0.2) is 57.7 Å². The minimum Gasteiger partial charge on any atom is -0.457 e. The number of hydrogen-bond acceptors (Lipinski definition) is 6. The summed E-state index contributed by atoms with van der Waals surface area (Å²) in [6.45, 7) is 0. The highest BCUT2D eigenvalue weighted by Gasteiger charge is 2.82. The number of esters is 1. The van der Waals surface area contributed by atoms with Crippen molar-refractivity contribution in [3.05, 3.63) is 0 Å². The number of carbonyl (C=O) groups excluding carboxylic acids is 1. The number of carbonyl (C=O) groups is 1. The van der Waals surface area contributed by atoms with Crippen LogP contribution in [0.25, 0.3) is 0 Å². The lowest BCUT2D eigenvalue weighted by Crippen LogP contribution is -2.64. The van der Waals surface area contributed by atoms with Gasteiger partial charge in [0.2, 0.25) is 0 Å². The van der Waals surface area contributed by atoms with Crippen LogP contribution < -0.4 is 0 Å². The zero-order chi connectivity index (χ0) is 20.0. The quantitative estimate of drug-likeness (QED) is 0.401. The van der Waals surface area contributed by atoms with E-state index in [2.05, 4.69) is 4.74 Å². The van der Waals surface area contributed by atoms with Crippen LogP contribution in [0.4, 0.5) is 26.3 Å². The summed E-state index contributed by atoms with van der Waals surface area (Å²) in [5.74, 6) is -8.49. The maximum absolute atomic E-state index is 14.4. The largest absolute Gasteiger partial charge is 0.458 e. The fourth-order valence-corrected chi connectivity index (χ4v) is 6.98. The predicted octanol–water partition coefficient (Wildman–Crippen LogP) is 3.40. The molecule has 2 unspecified atom stereocenters. The van der Waals surface area contributed by atoms with Gasteiger partial charge in [-0.15, -0.1) is 23.5 Å². The Hall–Kier alpha value is -0.340. The number of hydrogen-bond donors (Lipinski definition) is 1. The molecule has 0 aromatic carbocycles. The van der Waals surface area contributed by atoms with Crippen molar-refractivity contribution < 1.29 is 48.8 Å². The first-order chi connectivity index (χ1) is 11.7. The van der Waals surface area contributed by atoms with Crippen LogP contribution in [0.2, 0.25) is 0 Å². The summed E-state index contributed by atoms with van der Waals surface area (Å²) >= 11 is 2.58. The maximum Gasteiger partial charge on any atom is 0.458 e. The molecule has 152 valence electrons. The van der Waals surface area contributed by atoms with Gasteiger partial charge in [0, 0.05) is 11.5 Å². The molecule has 1 aliphatic carbocycles. The first kappa shape index (κ1) is 22.0. The second kappa shape index (κ2) is 6.92. The van der Waals surface area contributed by atoms with Crippen molar-refractivity contribution in [2.45, 2.75) is 53.0 Å². The highest BCUT2D eigenvalue weighted by Crippen LogP contribution is 2.55. The molecule has 2 rings (SSSR count).